The predicted molar refractivity (Wildman–Crippen MR) is 118 cm³/mol. The fraction of sp³-hybridized carbons (Fsp3) is 0.435. The molecule has 0 amide bonds. The van der Waals surface area contributed by atoms with Crippen LogP contribution in [0, 0.1) is 0 Å². The third-order valence-electron chi connectivity index (χ3n) is 4.45. The van der Waals surface area contributed by atoms with Gasteiger partial charge in [-0.2, -0.15) is 8.42 Å². The van der Waals surface area contributed by atoms with Gasteiger partial charge in [0, 0.05) is 12.5 Å². The zero-order valence-corrected chi connectivity index (χ0v) is 19.2. The highest BCUT2D eigenvalue weighted by molar-refractivity contribution is 7.86. The van der Waals surface area contributed by atoms with Gasteiger partial charge >= 0.3 is 16.1 Å². The minimum Gasteiger partial charge on any atom is -0.493 e. The van der Waals surface area contributed by atoms with Gasteiger partial charge in [0.1, 0.15) is 11.5 Å². The SMILES string of the molecule is CCOC(=O)CC(OCC)c1cccc(OCC(C)c2ccc(OS(C)(=O)=O)cc2)c1. The van der Waals surface area contributed by atoms with Gasteiger partial charge in [-0.25, -0.2) is 0 Å². The van der Waals surface area contributed by atoms with Crippen molar-refractivity contribution in [1.29, 1.82) is 0 Å². The molecule has 0 aliphatic rings. The first-order valence-electron chi connectivity index (χ1n) is 10.2. The van der Waals surface area contributed by atoms with E-state index in [1.807, 2.05) is 50.2 Å². The van der Waals surface area contributed by atoms with Crippen molar-refractivity contribution in [2.45, 2.75) is 39.2 Å². The van der Waals surface area contributed by atoms with Crippen LogP contribution in [0.3, 0.4) is 0 Å². The quantitative estimate of drug-likeness (QED) is 0.353. The number of rotatable bonds is 12. The Bertz CT molecular complexity index is 939. The number of esters is 1. The molecule has 170 valence electrons. The van der Waals surface area contributed by atoms with E-state index in [9.17, 15) is 13.2 Å². The van der Waals surface area contributed by atoms with Crippen LogP contribution >= 0.6 is 0 Å². The van der Waals surface area contributed by atoms with Crippen molar-refractivity contribution in [2.24, 2.45) is 0 Å². The number of ether oxygens (including phenoxy) is 3. The molecule has 0 heterocycles. The van der Waals surface area contributed by atoms with Gasteiger partial charge in [-0.05, 0) is 49.2 Å². The van der Waals surface area contributed by atoms with Crippen molar-refractivity contribution in [1.82, 2.24) is 0 Å². The lowest BCUT2D eigenvalue weighted by atomic mass is 10.0. The van der Waals surface area contributed by atoms with E-state index in [-0.39, 0.29) is 24.1 Å². The Morgan fingerprint density at radius 1 is 0.968 bits per heavy atom. The summed E-state index contributed by atoms with van der Waals surface area (Å²) in [7, 11) is -3.55. The van der Waals surface area contributed by atoms with Gasteiger partial charge in [-0.15, -0.1) is 0 Å². The lowest BCUT2D eigenvalue weighted by Crippen LogP contribution is -2.13. The average molecular weight is 451 g/mol. The van der Waals surface area contributed by atoms with Crippen molar-refractivity contribution in [3.8, 4) is 11.5 Å². The standard InChI is InChI=1S/C23H30O7S/c1-5-27-22(15-23(24)28-6-2)19-8-7-9-21(14-19)29-16-17(3)18-10-12-20(13-11-18)30-31(4,25)26/h7-14,17,22H,5-6,15-16H2,1-4H3. The molecule has 0 N–H and O–H groups in total. The molecule has 31 heavy (non-hydrogen) atoms. The van der Waals surface area contributed by atoms with Crippen LogP contribution < -0.4 is 8.92 Å². The van der Waals surface area contributed by atoms with Crippen LogP contribution in [0.15, 0.2) is 48.5 Å². The van der Waals surface area contributed by atoms with Crippen LogP contribution in [0.4, 0.5) is 0 Å². The van der Waals surface area contributed by atoms with Gasteiger partial charge in [-0.1, -0.05) is 31.2 Å². The lowest BCUT2D eigenvalue weighted by molar-refractivity contribution is -0.146. The fourth-order valence-corrected chi connectivity index (χ4v) is 3.45. The zero-order valence-electron chi connectivity index (χ0n) is 18.4. The number of hydrogen-bond donors (Lipinski definition) is 0. The molecule has 0 aromatic heterocycles. The van der Waals surface area contributed by atoms with E-state index in [2.05, 4.69) is 0 Å². The first-order valence-corrected chi connectivity index (χ1v) is 12.0. The summed E-state index contributed by atoms with van der Waals surface area (Å²) in [6.07, 6.45) is 0.755. The molecule has 8 heteroatoms. The Morgan fingerprint density at radius 3 is 2.29 bits per heavy atom. The molecule has 0 saturated carbocycles. The molecule has 2 rings (SSSR count). The summed E-state index contributed by atoms with van der Waals surface area (Å²) >= 11 is 0. The maximum absolute atomic E-state index is 11.9. The third kappa shape index (κ3) is 8.59. The minimum absolute atomic E-state index is 0.0677. The highest BCUT2D eigenvalue weighted by Crippen LogP contribution is 2.27. The zero-order chi connectivity index (χ0) is 22.9. The van der Waals surface area contributed by atoms with Gasteiger partial charge in [0.25, 0.3) is 0 Å². The summed E-state index contributed by atoms with van der Waals surface area (Å²) in [5, 5.41) is 0. The number of benzene rings is 2. The topological polar surface area (TPSA) is 88.1 Å². The van der Waals surface area contributed by atoms with E-state index in [1.165, 1.54) is 0 Å². The van der Waals surface area contributed by atoms with E-state index in [4.69, 9.17) is 18.4 Å². The van der Waals surface area contributed by atoms with E-state index in [0.717, 1.165) is 17.4 Å². The molecular weight excluding hydrogens is 420 g/mol. The van der Waals surface area contributed by atoms with Crippen molar-refractivity contribution >= 4 is 16.1 Å². The molecule has 0 aliphatic carbocycles. The fourth-order valence-electron chi connectivity index (χ4n) is 2.99. The van der Waals surface area contributed by atoms with E-state index >= 15 is 0 Å². The Hall–Kier alpha value is -2.58. The smallest absolute Gasteiger partial charge is 0.308 e. The third-order valence-corrected chi connectivity index (χ3v) is 4.95. The van der Waals surface area contributed by atoms with E-state index < -0.39 is 16.2 Å². The number of carbonyl (C=O) groups excluding carboxylic acids is 1. The summed E-state index contributed by atoms with van der Waals surface area (Å²) in [5.41, 5.74) is 1.84. The molecule has 0 spiro atoms. The first-order chi connectivity index (χ1) is 14.7. The summed E-state index contributed by atoms with van der Waals surface area (Å²) < 4.78 is 44.0. The molecule has 2 aromatic carbocycles. The number of hydrogen-bond acceptors (Lipinski definition) is 7. The molecule has 7 nitrogen and oxygen atoms in total. The highest BCUT2D eigenvalue weighted by atomic mass is 32.2. The Morgan fingerprint density at radius 2 is 1.68 bits per heavy atom. The molecule has 2 atom stereocenters. The van der Waals surface area contributed by atoms with Crippen LogP contribution in [0.5, 0.6) is 11.5 Å². The Balaban J connectivity index is 2.00. The molecule has 2 aromatic rings. The minimum atomic E-state index is -3.55. The van der Waals surface area contributed by atoms with Gasteiger partial charge < -0.3 is 18.4 Å². The van der Waals surface area contributed by atoms with Crippen molar-refractivity contribution < 1.29 is 31.6 Å². The van der Waals surface area contributed by atoms with E-state index in [1.54, 1.807) is 19.1 Å². The molecule has 0 radical (unpaired) electrons. The van der Waals surface area contributed by atoms with Crippen LogP contribution in [0.2, 0.25) is 0 Å². The normalized spacial score (nSPS) is 13.3. The van der Waals surface area contributed by atoms with E-state index in [0.29, 0.717) is 25.6 Å². The molecule has 0 saturated heterocycles. The first kappa shape index (κ1) is 24.7. The molecule has 0 bridgehead atoms. The Labute approximate surface area is 184 Å². The van der Waals surface area contributed by atoms with Gasteiger partial charge in [0.15, 0.2) is 0 Å². The predicted octanol–water partition coefficient (Wildman–Crippen LogP) is 4.24. The van der Waals surface area contributed by atoms with Crippen LogP contribution in [0.25, 0.3) is 0 Å². The Kier molecular flexibility index (Phi) is 9.33. The van der Waals surface area contributed by atoms with Crippen molar-refractivity contribution in [3.05, 3.63) is 59.7 Å². The van der Waals surface area contributed by atoms with Gasteiger partial charge in [0.2, 0.25) is 0 Å². The van der Waals surface area contributed by atoms with Crippen LogP contribution in [0.1, 0.15) is 50.3 Å². The summed E-state index contributed by atoms with van der Waals surface area (Å²) in [6.45, 7) is 6.90. The summed E-state index contributed by atoms with van der Waals surface area (Å²) in [5.74, 6) is 0.716. The highest BCUT2D eigenvalue weighted by Gasteiger charge is 2.18. The molecular formula is C23H30O7S. The molecule has 2 unspecified atom stereocenters. The maximum Gasteiger partial charge on any atom is 0.308 e. The lowest BCUT2D eigenvalue weighted by Gasteiger charge is -2.18. The van der Waals surface area contributed by atoms with Gasteiger partial charge in [0.05, 0.1) is 32.0 Å². The second kappa shape index (κ2) is 11.7. The van der Waals surface area contributed by atoms with Gasteiger partial charge in [-0.3, -0.25) is 4.79 Å². The summed E-state index contributed by atoms with van der Waals surface area (Å²) in [4.78, 5) is 11.9. The average Bonchev–Trinajstić information content (AvgIpc) is 2.71. The van der Waals surface area contributed by atoms with Crippen LogP contribution in [-0.4, -0.2) is 40.5 Å². The molecule has 0 fully saturated rings. The van der Waals surface area contributed by atoms with Crippen molar-refractivity contribution in [3.63, 3.8) is 0 Å². The molecule has 0 aliphatic heterocycles. The van der Waals surface area contributed by atoms with Crippen molar-refractivity contribution in [2.75, 3.05) is 26.1 Å². The second-order valence-electron chi connectivity index (χ2n) is 7.09. The summed E-state index contributed by atoms with van der Waals surface area (Å²) in [6, 6.07) is 14.4. The monoisotopic (exact) mass is 450 g/mol. The number of carbonyl (C=O) groups is 1. The largest absolute Gasteiger partial charge is 0.493 e. The maximum atomic E-state index is 11.9. The van der Waals surface area contributed by atoms with Crippen LogP contribution in [-0.2, 0) is 24.4 Å². The second-order valence-corrected chi connectivity index (χ2v) is 8.67.